The Hall–Kier alpha value is -1.66. The summed E-state index contributed by atoms with van der Waals surface area (Å²) in [6.45, 7) is 8.82. The third kappa shape index (κ3) is 4.68. The molecule has 1 aromatic heterocycles. The number of ether oxygens (including phenoxy) is 2. The van der Waals surface area contributed by atoms with Crippen molar-refractivity contribution in [2.45, 2.75) is 39.0 Å². The fraction of sp³-hybridized carbons (Fsp3) is 0.556. The molecule has 0 saturated carbocycles. The highest BCUT2D eigenvalue weighted by molar-refractivity contribution is 7.09. The van der Waals surface area contributed by atoms with E-state index in [0.29, 0.717) is 5.92 Å². The SMILES string of the molecule is CC(C)(C)c1nsc(Nc2ccc(OCC3CCOCC3)cc2)n1. The first-order chi connectivity index (χ1) is 11.5. The van der Waals surface area contributed by atoms with Crippen molar-refractivity contribution in [3.8, 4) is 5.75 Å². The predicted octanol–water partition coefficient (Wildman–Crippen LogP) is 4.38. The van der Waals surface area contributed by atoms with Crippen molar-refractivity contribution in [1.82, 2.24) is 9.36 Å². The van der Waals surface area contributed by atoms with Crippen LogP contribution in [0, 0.1) is 5.92 Å². The van der Waals surface area contributed by atoms with Crippen molar-refractivity contribution in [2.75, 3.05) is 25.1 Å². The Labute approximate surface area is 147 Å². The molecule has 0 radical (unpaired) electrons. The van der Waals surface area contributed by atoms with E-state index in [1.54, 1.807) is 0 Å². The van der Waals surface area contributed by atoms with Gasteiger partial charge in [-0.3, -0.25) is 0 Å². The minimum absolute atomic E-state index is 0.0295. The molecular formula is C18H25N3O2S. The predicted molar refractivity (Wildman–Crippen MR) is 97.4 cm³/mol. The zero-order valence-electron chi connectivity index (χ0n) is 14.5. The number of nitrogens with zero attached hydrogens (tertiary/aromatic N) is 2. The fourth-order valence-corrected chi connectivity index (χ4v) is 3.24. The van der Waals surface area contributed by atoms with E-state index in [0.717, 1.165) is 55.1 Å². The first-order valence-corrected chi connectivity index (χ1v) is 9.20. The van der Waals surface area contributed by atoms with Gasteiger partial charge in [-0.1, -0.05) is 20.8 Å². The molecular weight excluding hydrogens is 322 g/mol. The Morgan fingerprint density at radius 1 is 1.21 bits per heavy atom. The maximum Gasteiger partial charge on any atom is 0.207 e. The van der Waals surface area contributed by atoms with Crippen LogP contribution in [-0.4, -0.2) is 29.2 Å². The Morgan fingerprint density at radius 3 is 2.54 bits per heavy atom. The van der Waals surface area contributed by atoms with E-state index in [4.69, 9.17) is 9.47 Å². The second kappa shape index (κ2) is 7.49. The minimum Gasteiger partial charge on any atom is -0.493 e. The summed E-state index contributed by atoms with van der Waals surface area (Å²) in [7, 11) is 0. The molecule has 0 aliphatic carbocycles. The van der Waals surface area contributed by atoms with Gasteiger partial charge >= 0.3 is 0 Å². The molecule has 6 heteroatoms. The molecule has 3 rings (SSSR count). The molecule has 130 valence electrons. The highest BCUT2D eigenvalue weighted by atomic mass is 32.1. The zero-order chi connectivity index (χ0) is 17.0. The van der Waals surface area contributed by atoms with Crippen LogP contribution in [0.4, 0.5) is 10.8 Å². The molecule has 0 amide bonds. The van der Waals surface area contributed by atoms with Gasteiger partial charge in [0.25, 0.3) is 0 Å². The molecule has 0 bridgehead atoms. The lowest BCUT2D eigenvalue weighted by atomic mass is 9.96. The zero-order valence-corrected chi connectivity index (χ0v) is 15.4. The van der Waals surface area contributed by atoms with Crippen molar-refractivity contribution in [3.05, 3.63) is 30.1 Å². The summed E-state index contributed by atoms with van der Waals surface area (Å²) in [5, 5.41) is 4.12. The fourth-order valence-electron chi connectivity index (χ4n) is 2.46. The molecule has 1 aromatic carbocycles. The molecule has 1 N–H and O–H groups in total. The monoisotopic (exact) mass is 347 g/mol. The van der Waals surface area contributed by atoms with Crippen LogP contribution in [0.2, 0.25) is 0 Å². The molecule has 0 unspecified atom stereocenters. The largest absolute Gasteiger partial charge is 0.493 e. The summed E-state index contributed by atoms with van der Waals surface area (Å²) in [5.74, 6) is 2.37. The van der Waals surface area contributed by atoms with Gasteiger partial charge in [-0.15, -0.1) is 0 Å². The first-order valence-electron chi connectivity index (χ1n) is 8.42. The van der Waals surface area contributed by atoms with Crippen molar-refractivity contribution in [1.29, 1.82) is 0 Å². The van der Waals surface area contributed by atoms with Gasteiger partial charge in [0.1, 0.15) is 11.6 Å². The summed E-state index contributed by atoms with van der Waals surface area (Å²) in [6, 6.07) is 8.01. The molecule has 2 aromatic rings. The first kappa shape index (κ1) is 17.2. The van der Waals surface area contributed by atoms with Crippen LogP contribution in [0.5, 0.6) is 5.75 Å². The second-order valence-electron chi connectivity index (χ2n) is 7.19. The lowest BCUT2D eigenvalue weighted by Crippen LogP contribution is -2.21. The van der Waals surface area contributed by atoms with Crippen LogP contribution in [0.1, 0.15) is 39.4 Å². The van der Waals surface area contributed by atoms with Crippen molar-refractivity contribution in [3.63, 3.8) is 0 Å². The van der Waals surface area contributed by atoms with Gasteiger partial charge in [-0.2, -0.15) is 4.37 Å². The van der Waals surface area contributed by atoms with Crippen LogP contribution in [0.15, 0.2) is 24.3 Å². The van der Waals surface area contributed by atoms with Crippen LogP contribution in [0.25, 0.3) is 0 Å². The van der Waals surface area contributed by atoms with E-state index in [1.807, 2.05) is 24.3 Å². The molecule has 1 saturated heterocycles. The number of benzene rings is 1. The van der Waals surface area contributed by atoms with E-state index in [9.17, 15) is 0 Å². The van der Waals surface area contributed by atoms with Crippen LogP contribution in [0.3, 0.4) is 0 Å². The smallest absolute Gasteiger partial charge is 0.207 e. The van der Waals surface area contributed by atoms with Crippen molar-refractivity contribution < 1.29 is 9.47 Å². The number of anilines is 2. The highest BCUT2D eigenvalue weighted by Crippen LogP contribution is 2.26. The normalized spacial score (nSPS) is 16.1. The summed E-state index contributed by atoms with van der Waals surface area (Å²) in [4.78, 5) is 4.55. The molecule has 24 heavy (non-hydrogen) atoms. The van der Waals surface area contributed by atoms with Crippen LogP contribution >= 0.6 is 11.5 Å². The average Bonchev–Trinajstić information content (AvgIpc) is 3.04. The molecule has 1 fully saturated rings. The Bertz CT molecular complexity index is 643. The quantitative estimate of drug-likeness (QED) is 0.869. The average molecular weight is 347 g/mol. The number of hydrogen-bond donors (Lipinski definition) is 1. The second-order valence-corrected chi connectivity index (χ2v) is 7.94. The number of aromatic nitrogens is 2. The lowest BCUT2D eigenvalue weighted by molar-refractivity contribution is 0.0497. The minimum atomic E-state index is -0.0295. The highest BCUT2D eigenvalue weighted by Gasteiger charge is 2.19. The van der Waals surface area contributed by atoms with E-state index < -0.39 is 0 Å². The Kier molecular flexibility index (Phi) is 5.36. The van der Waals surface area contributed by atoms with Gasteiger partial charge < -0.3 is 14.8 Å². The molecule has 5 nitrogen and oxygen atoms in total. The van der Waals surface area contributed by atoms with Gasteiger partial charge in [-0.25, -0.2) is 4.98 Å². The molecule has 1 aliphatic heterocycles. The van der Waals surface area contributed by atoms with E-state index in [1.165, 1.54) is 11.5 Å². The van der Waals surface area contributed by atoms with Gasteiger partial charge in [0.2, 0.25) is 5.13 Å². The summed E-state index contributed by atoms with van der Waals surface area (Å²) < 4.78 is 15.7. The number of rotatable bonds is 5. The van der Waals surface area contributed by atoms with Gasteiger partial charge in [0.15, 0.2) is 0 Å². The number of hydrogen-bond acceptors (Lipinski definition) is 6. The van der Waals surface area contributed by atoms with E-state index in [2.05, 4.69) is 35.4 Å². The summed E-state index contributed by atoms with van der Waals surface area (Å²) in [6.07, 6.45) is 2.18. The van der Waals surface area contributed by atoms with E-state index >= 15 is 0 Å². The van der Waals surface area contributed by atoms with Crippen LogP contribution in [-0.2, 0) is 10.2 Å². The van der Waals surface area contributed by atoms with Gasteiger partial charge in [0, 0.05) is 35.8 Å². The molecule has 2 heterocycles. The van der Waals surface area contributed by atoms with Crippen LogP contribution < -0.4 is 10.1 Å². The summed E-state index contributed by atoms with van der Waals surface area (Å²) in [5.41, 5.74) is 0.961. The standard InChI is InChI=1S/C18H25N3O2S/c1-18(2,3)16-20-17(24-21-16)19-14-4-6-15(7-5-14)23-12-13-8-10-22-11-9-13/h4-7,13H,8-12H2,1-3H3,(H,19,20,21). The van der Waals surface area contributed by atoms with Gasteiger partial charge in [0.05, 0.1) is 6.61 Å². The van der Waals surface area contributed by atoms with Gasteiger partial charge in [-0.05, 0) is 43.0 Å². The third-order valence-electron chi connectivity index (χ3n) is 4.03. The van der Waals surface area contributed by atoms with E-state index in [-0.39, 0.29) is 5.41 Å². The number of nitrogens with one attached hydrogen (secondary N) is 1. The molecule has 0 spiro atoms. The maximum atomic E-state index is 5.89. The third-order valence-corrected chi connectivity index (χ3v) is 4.66. The summed E-state index contributed by atoms with van der Waals surface area (Å²) >= 11 is 1.39. The lowest BCUT2D eigenvalue weighted by Gasteiger charge is -2.22. The molecule has 1 aliphatic rings. The Morgan fingerprint density at radius 2 is 1.92 bits per heavy atom. The Balaban J connectivity index is 1.53. The maximum absolute atomic E-state index is 5.89. The van der Waals surface area contributed by atoms with Crippen molar-refractivity contribution in [2.24, 2.45) is 5.92 Å². The molecule has 0 atom stereocenters. The van der Waals surface area contributed by atoms with Crippen molar-refractivity contribution >= 4 is 22.4 Å². The topological polar surface area (TPSA) is 56.3 Å².